The maximum Gasteiger partial charge on any atom is 0.412 e. The summed E-state index contributed by atoms with van der Waals surface area (Å²) in [5.74, 6) is 1.90. The molecule has 4 rings (SSSR count). The van der Waals surface area contributed by atoms with Gasteiger partial charge in [0.2, 0.25) is 0 Å². The maximum atomic E-state index is 13.4. The van der Waals surface area contributed by atoms with Crippen LogP contribution < -0.4 is 24.0 Å². The third kappa shape index (κ3) is 4.94. The molecule has 0 heterocycles. The summed E-state index contributed by atoms with van der Waals surface area (Å²) >= 11 is 0. The number of ether oxygens (including phenoxy) is 3. The first-order valence-corrected chi connectivity index (χ1v) is 11.4. The fourth-order valence-electron chi connectivity index (χ4n) is 3.00. The zero-order valence-corrected chi connectivity index (χ0v) is 18.1. The monoisotopic (exact) mass is 448 g/mol. The van der Waals surface area contributed by atoms with Crippen LogP contribution >= 0.6 is 7.60 Å². The van der Waals surface area contributed by atoms with Gasteiger partial charge in [-0.1, -0.05) is 54.6 Å². The molecule has 6 nitrogen and oxygen atoms in total. The Morgan fingerprint density at radius 2 is 1.16 bits per heavy atom. The summed E-state index contributed by atoms with van der Waals surface area (Å²) in [5, 5.41) is -0.0322. The van der Waals surface area contributed by atoms with Crippen molar-refractivity contribution in [3.63, 3.8) is 0 Å². The van der Waals surface area contributed by atoms with Crippen LogP contribution in [0.2, 0.25) is 0 Å². The van der Waals surface area contributed by atoms with E-state index >= 15 is 0 Å². The Hall–Kier alpha value is -3.73. The molecule has 0 bridgehead atoms. The Morgan fingerprint density at radius 1 is 0.625 bits per heavy atom. The molecule has 0 aliphatic carbocycles. The molecule has 0 aromatic heterocycles. The highest BCUT2D eigenvalue weighted by atomic mass is 31.2. The summed E-state index contributed by atoms with van der Waals surface area (Å²) in [7, 11) is -2.94. The highest BCUT2D eigenvalue weighted by Gasteiger charge is 2.32. The zero-order valence-electron chi connectivity index (χ0n) is 17.3. The van der Waals surface area contributed by atoms with Gasteiger partial charge in [0.25, 0.3) is 0 Å². The normalized spacial score (nSPS) is 12.4. The minimum Gasteiger partial charge on any atom is -0.493 e. The smallest absolute Gasteiger partial charge is 0.412 e. The molecule has 4 aromatic carbocycles. The second kappa shape index (κ2) is 9.60. The molecule has 0 radical (unpaired) electrons. The van der Waals surface area contributed by atoms with Crippen LogP contribution in [-0.4, -0.2) is 12.0 Å². The predicted molar refractivity (Wildman–Crippen MR) is 123 cm³/mol. The number of hydrogen-bond acceptors (Lipinski definition) is 5. The molecule has 1 N–H and O–H groups in total. The van der Waals surface area contributed by atoms with Crippen LogP contribution in [0.15, 0.2) is 103 Å². The highest BCUT2D eigenvalue weighted by molar-refractivity contribution is 7.61. The van der Waals surface area contributed by atoms with E-state index in [1.54, 1.807) is 72.8 Å². The van der Waals surface area contributed by atoms with Gasteiger partial charge in [-0.15, -0.1) is 0 Å². The molecule has 7 heteroatoms. The van der Waals surface area contributed by atoms with E-state index in [9.17, 15) is 9.46 Å². The van der Waals surface area contributed by atoms with Crippen molar-refractivity contribution in [3.8, 4) is 34.5 Å². The van der Waals surface area contributed by atoms with Gasteiger partial charge in [-0.3, -0.25) is 0 Å². The SMILES string of the molecule is COc1cccc(P(=O)(O)Oc2ccccc2Oc2ccccc2)c1Oc1ccccc1. The van der Waals surface area contributed by atoms with E-state index in [4.69, 9.17) is 18.7 Å². The van der Waals surface area contributed by atoms with Crippen molar-refractivity contribution >= 4 is 12.9 Å². The lowest BCUT2D eigenvalue weighted by atomic mass is 10.3. The minimum absolute atomic E-state index is 0.0322. The number of rotatable bonds is 8. The summed E-state index contributed by atoms with van der Waals surface area (Å²) in [5.41, 5.74) is 0. The third-order valence-electron chi connectivity index (χ3n) is 4.49. The Bertz CT molecular complexity index is 1230. The lowest BCUT2D eigenvalue weighted by molar-refractivity contribution is 0.368. The Morgan fingerprint density at radius 3 is 1.78 bits per heavy atom. The van der Waals surface area contributed by atoms with E-state index in [-0.39, 0.29) is 16.8 Å². The van der Waals surface area contributed by atoms with Crippen molar-refractivity contribution in [3.05, 3.63) is 103 Å². The van der Waals surface area contributed by atoms with Gasteiger partial charge >= 0.3 is 7.60 Å². The first-order chi connectivity index (χ1) is 15.6. The van der Waals surface area contributed by atoms with Gasteiger partial charge in [0.1, 0.15) is 16.8 Å². The number of benzene rings is 4. The van der Waals surface area contributed by atoms with Gasteiger partial charge < -0.3 is 23.6 Å². The second-order valence-corrected chi connectivity index (χ2v) is 8.40. The van der Waals surface area contributed by atoms with Gasteiger partial charge in [0.15, 0.2) is 23.0 Å². The third-order valence-corrected chi connectivity index (χ3v) is 5.89. The molecule has 0 saturated heterocycles. The van der Waals surface area contributed by atoms with Crippen LogP contribution in [0.4, 0.5) is 0 Å². The molecular weight excluding hydrogens is 427 g/mol. The molecule has 1 unspecified atom stereocenters. The van der Waals surface area contributed by atoms with Gasteiger partial charge in [-0.2, -0.15) is 0 Å². The second-order valence-electron chi connectivity index (χ2n) is 6.70. The highest BCUT2D eigenvalue weighted by Crippen LogP contribution is 2.49. The summed E-state index contributed by atoms with van der Waals surface area (Å²) in [4.78, 5) is 11.0. The van der Waals surface area contributed by atoms with Crippen molar-refractivity contribution in [2.45, 2.75) is 0 Å². The number of hydrogen-bond donors (Lipinski definition) is 1. The first-order valence-electron chi connectivity index (χ1n) is 9.81. The fourth-order valence-corrected chi connectivity index (χ4v) is 4.21. The van der Waals surface area contributed by atoms with Gasteiger partial charge in [0.05, 0.1) is 7.11 Å². The molecule has 4 aromatic rings. The van der Waals surface area contributed by atoms with Crippen LogP contribution in [0.25, 0.3) is 0 Å². The fraction of sp³-hybridized carbons (Fsp3) is 0.0400. The maximum absolute atomic E-state index is 13.4. The molecule has 162 valence electrons. The van der Waals surface area contributed by atoms with Crippen molar-refractivity contribution in [2.24, 2.45) is 0 Å². The summed E-state index contributed by atoms with van der Waals surface area (Å²) in [6.45, 7) is 0. The molecule has 0 spiro atoms. The van der Waals surface area contributed by atoms with E-state index in [1.807, 2.05) is 24.3 Å². The van der Waals surface area contributed by atoms with Crippen molar-refractivity contribution in [2.75, 3.05) is 7.11 Å². The summed E-state index contributed by atoms with van der Waals surface area (Å²) in [6.07, 6.45) is 0. The van der Waals surface area contributed by atoms with Crippen molar-refractivity contribution in [1.29, 1.82) is 0 Å². The van der Waals surface area contributed by atoms with E-state index in [1.165, 1.54) is 13.2 Å². The molecule has 32 heavy (non-hydrogen) atoms. The van der Waals surface area contributed by atoms with E-state index < -0.39 is 7.60 Å². The quantitative estimate of drug-likeness (QED) is 0.325. The first kappa shape index (κ1) is 21.5. The lowest BCUT2D eigenvalue weighted by Crippen LogP contribution is -2.13. The van der Waals surface area contributed by atoms with Crippen LogP contribution in [0, 0.1) is 0 Å². The lowest BCUT2D eigenvalue weighted by Gasteiger charge is -2.20. The van der Waals surface area contributed by atoms with E-state index in [2.05, 4.69) is 0 Å². The van der Waals surface area contributed by atoms with Crippen LogP contribution in [0.3, 0.4) is 0 Å². The number of methoxy groups -OCH3 is 1. The van der Waals surface area contributed by atoms with Crippen molar-refractivity contribution in [1.82, 2.24) is 0 Å². The summed E-state index contributed by atoms with van der Waals surface area (Å²) in [6, 6.07) is 29.4. The standard InChI is InChI=1S/C25H21O6P/c1-28-23-17-10-18-24(25(23)30-20-13-6-3-7-14-20)32(26,27)31-22-16-9-8-15-21(22)29-19-11-4-2-5-12-19/h2-18H,1H3,(H,26,27). The van der Waals surface area contributed by atoms with Gasteiger partial charge in [-0.25, -0.2) is 4.57 Å². The molecule has 0 aliphatic heterocycles. The molecule has 0 fully saturated rings. The van der Waals surface area contributed by atoms with Crippen molar-refractivity contribution < 1.29 is 28.2 Å². The van der Waals surface area contributed by atoms with Crippen LogP contribution in [0.5, 0.6) is 34.5 Å². The Labute approximate surface area is 186 Å². The zero-order chi connectivity index (χ0) is 22.4. The topological polar surface area (TPSA) is 74.2 Å². The molecule has 0 amide bonds. The average Bonchev–Trinajstić information content (AvgIpc) is 2.81. The molecule has 0 saturated carbocycles. The Balaban J connectivity index is 1.69. The Kier molecular flexibility index (Phi) is 6.45. The summed E-state index contributed by atoms with van der Waals surface area (Å²) < 4.78 is 36.2. The minimum atomic E-state index is -4.40. The largest absolute Gasteiger partial charge is 0.493 e. The average molecular weight is 448 g/mol. The molecular formula is C25H21O6P. The molecule has 1 atom stereocenters. The van der Waals surface area contributed by atoms with E-state index in [0.717, 1.165) is 0 Å². The predicted octanol–water partition coefficient (Wildman–Crippen LogP) is 6.17. The van der Waals surface area contributed by atoms with Crippen LogP contribution in [0.1, 0.15) is 0 Å². The number of para-hydroxylation sites is 5. The van der Waals surface area contributed by atoms with Gasteiger partial charge in [-0.05, 0) is 48.5 Å². The van der Waals surface area contributed by atoms with E-state index in [0.29, 0.717) is 23.0 Å². The van der Waals surface area contributed by atoms with Crippen LogP contribution in [-0.2, 0) is 4.57 Å². The molecule has 0 aliphatic rings. The van der Waals surface area contributed by atoms with Gasteiger partial charge in [0, 0.05) is 0 Å².